The molecule has 0 bridgehead atoms. The van der Waals surface area contributed by atoms with Gasteiger partial charge in [-0.15, -0.1) is 0 Å². The largest absolute Gasteiger partial charge is 0.315 e. The van der Waals surface area contributed by atoms with E-state index in [0.29, 0.717) is 0 Å². The van der Waals surface area contributed by atoms with Crippen LogP contribution < -0.4 is 0 Å². The van der Waals surface area contributed by atoms with Crippen LogP contribution in [-0.4, -0.2) is 12.9 Å². The molecular formula is C15H15BO. The highest BCUT2D eigenvalue weighted by atomic mass is 16.1. The standard InChI is InChI=1S/C15H15BO/c17-13-16(11-14-7-3-1-4-8-14)12-15-9-5-2-6-10-15/h1-10,13H,11-12H2. The van der Waals surface area contributed by atoms with Gasteiger partial charge in [-0.1, -0.05) is 71.8 Å². The second-order valence-corrected chi connectivity index (χ2v) is 4.28. The first-order chi connectivity index (χ1) is 8.38. The van der Waals surface area contributed by atoms with E-state index >= 15 is 0 Å². The van der Waals surface area contributed by atoms with Crippen LogP contribution in [0.1, 0.15) is 11.1 Å². The lowest BCUT2D eigenvalue weighted by Crippen LogP contribution is -2.22. The predicted octanol–water partition coefficient (Wildman–Crippen LogP) is 2.82. The predicted molar refractivity (Wildman–Crippen MR) is 72.8 cm³/mol. The number of rotatable bonds is 5. The quantitative estimate of drug-likeness (QED) is 0.561. The van der Waals surface area contributed by atoms with Gasteiger partial charge in [-0.25, -0.2) is 0 Å². The number of carbonyl (C=O) groups is 1. The Morgan fingerprint density at radius 3 is 1.53 bits per heavy atom. The van der Waals surface area contributed by atoms with Gasteiger partial charge < -0.3 is 4.79 Å². The molecule has 2 aromatic rings. The average molecular weight is 222 g/mol. The summed E-state index contributed by atoms with van der Waals surface area (Å²) in [5.41, 5.74) is 2.45. The Morgan fingerprint density at radius 1 is 0.765 bits per heavy atom. The minimum atomic E-state index is 0.0693. The van der Waals surface area contributed by atoms with Crippen molar-refractivity contribution in [1.29, 1.82) is 0 Å². The maximum absolute atomic E-state index is 11.1. The van der Waals surface area contributed by atoms with Gasteiger partial charge in [0.25, 0.3) is 0 Å². The molecule has 0 radical (unpaired) electrons. The molecule has 0 amide bonds. The Labute approximate surface area is 103 Å². The molecule has 17 heavy (non-hydrogen) atoms. The summed E-state index contributed by atoms with van der Waals surface area (Å²) in [5, 5.41) is 0. The minimum absolute atomic E-state index is 0.0693. The van der Waals surface area contributed by atoms with E-state index in [-0.39, 0.29) is 6.71 Å². The molecule has 0 saturated heterocycles. The smallest absolute Gasteiger partial charge is 0.227 e. The summed E-state index contributed by atoms with van der Waals surface area (Å²) in [6, 6.07) is 20.3. The van der Waals surface area contributed by atoms with Crippen molar-refractivity contribution >= 4 is 12.9 Å². The Hall–Kier alpha value is -1.83. The van der Waals surface area contributed by atoms with E-state index in [1.807, 2.05) is 36.4 Å². The van der Waals surface area contributed by atoms with Crippen molar-refractivity contribution < 1.29 is 4.79 Å². The normalized spacial score (nSPS) is 9.88. The van der Waals surface area contributed by atoms with Gasteiger partial charge in [-0.05, 0) is 12.6 Å². The summed E-state index contributed by atoms with van der Waals surface area (Å²) in [7, 11) is 0. The summed E-state index contributed by atoms with van der Waals surface area (Å²) in [4.78, 5) is 11.1. The lowest BCUT2D eigenvalue weighted by atomic mass is 9.44. The summed E-state index contributed by atoms with van der Waals surface area (Å²) in [6.07, 6.45) is 2.71. The van der Waals surface area contributed by atoms with Gasteiger partial charge in [0.05, 0.1) is 6.19 Å². The second kappa shape index (κ2) is 6.04. The fraction of sp³-hybridized carbons (Fsp3) is 0.133. The maximum atomic E-state index is 11.1. The Morgan fingerprint density at radius 2 is 1.18 bits per heavy atom. The van der Waals surface area contributed by atoms with Crippen LogP contribution in [0, 0.1) is 0 Å². The van der Waals surface area contributed by atoms with Crippen LogP contribution in [0.4, 0.5) is 0 Å². The van der Waals surface area contributed by atoms with Gasteiger partial charge >= 0.3 is 0 Å². The zero-order valence-corrected chi connectivity index (χ0v) is 9.75. The van der Waals surface area contributed by atoms with E-state index in [0.717, 1.165) is 18.8 Å². The van der Waals surface area contributed by atoms with Crippen molar-refractivity contribution in [2.24, 2.45) is 0 Å². The topological polar surface area (TPSA) is 17.1 Å². The lowest BCUT2D eigenvalue weighted by Gasteiger charge is -2.07. The monoisotopic (exact) mass is 222 g/mol. The molecule has 0 aliphatic rings. The van der Waals surface area contributed by atoms with Gasteiger partial charge in [0, 0.05) is 0 Å². The summed E-state index contributed by atoms with van der Waals surface area (Å²) >= 11 is 0. The van der Waals surface area contributed by atoms with Crippen LogP contribution in [0.3, 0.4) is 0 Å². The number of carbonyl (C=O) groups excluding carboxylic acids is 1. The van der Waals surface area contributed by atoms with Crippen LogP contribution in [0.2, 0.25) is 0 Å². The summed E-state index contributed by atoms with van der Waals surface area (Å²) in [5.74, 6) is 0. The van der Waals surface area contributed by atoms with Crippen LogP contribution >= 0.6 is 0 Å². The van der Waals surface area contributed by atoms with Crippen molar-refractivity contribution in [3.63, 3.8) is 0 Å². The number of benzene rings is 2. The molecule has 0 aliphatic heterocycles. The zero-order valence-electron chi connectivity index (χ0n) is 9.75. The Kier molecular flexibility index (Phi) is 4.14. The van der Waals surface area contributed by atoms with Gasteiger partial charge in [0.1, 0.15) is 0 Å². The SMILES string of the molecule is O=CB(Cc1ccccc1)Cc1ccccc1. The third-order valence-electron chi connectivity index (χ3n) is 2.87. The first-order valence-electron chi connectivity index (χ1n) is 5.91. The zero-order chi connectivity index (χ0) is 11.9. The maximum Gasteiger partial charge on any atom is 0.227 e. The molecule has 0 unspecified atom stereocenters. The van der Waals surface area contributed by atoms with E-state index in [9.17, 15) is 4.79 Å². The van der Waals surface area contributed by atoms with Gasteiger partial charge in [0.2, 0.25) is 6.71 Å². The van der Waals surface area contributed by atoms with E-state index < -0.39 is 0 Å². The van der Waals surface area contributed by atoms with Crippen molar-refractivity contribution in [2.75, 3.05) is 0 Å². The second-order valence-electron chi connectivity index (χ2n) is 4.28. The van der Waals surface area contributed by atoms with E-state index in [1.54, 1.807) is 0 Å². The van der Waals surface area contributed by atoms with Crippen LogP contribution in [-0.2, 0) is 17.4 Å². The minimum Gasteiger partial charge on any atom is -0.315 e. The van der Waals surface area contributed by atoms with Crippen molar-refractivity contribution in [3.8, 4) is 0 Å². The Bertz CT molecular complexity index is 411. The number of hydrogen-bond acceptors (Lipinski definition) is 1. The molecule has 0 heterocycles. The van der Waals surface area contributed by atoms with E-state index in [2.05, 4.69) is 24.3 Å². The van der Waals surface area contributed by atoms with Crippen molar-refractivity contribution in [1.82, 2.24) is 0 Å². The molecule has 0 aromatic heterocycles. The fourth-order valence-corrected chi connectivity index (χ4v) is 2.00. The lowest BCUT2D eigenvalue weighted by molar-refractivity contribution is 0.567. The molecule has 2 aromatic carbocycles. The molecule has 2 rings (SSSR count). The van der Waals surface area contributed by atoms with Gasteiger partial charge in [0.15, 0.2) is 0 Å². The van der Waals surface area contributed by atoms with Crippen LogP contribution in [0.15, 0.2) is 60.7 Å². The summed E-state index contributed by atoms with van der Waals surface area (Å²) < 4.78 is 0. The highest BCUT2D eigenvalue weighted by molar-refractivity contribution is 6.83. The molecule has 0 saturated carbocycles. The Balaban J connectivity index is 2.01. The van der Waals surface area contributed by atoms with Crippen molar-refractivity contribution in [3.05, 3.63) is 71.8 Å². The first kappa shape index (κ1) is 11.7. The highest BCUT2D eigenvalue weighted by Gasteiger charge is 2.14. The number of hydrogen-bond donors (Lipinski definition) is 0. The van der Waals surface area contributed by atoms with Crippen LogP contribution in [0.25, 0.3) is 0 Å². The third kappa shape index (κ3) is 3.60. The molecule has 0 atom stereocenters. The molecule has 1 nitrogen and oxygen atoms in total. The van der Waals surface area contributed by atoms with Gasteiger partial charge in [-0.3, -0.25) is 0 Å². The van der Waals surface area contributed by atoms with E-state index in [1.165, 1.54) is 11.1 Å². The average Bonchev–Trinajstić information content (AvgIpc) is 2.40. The van der Waals surface area contributed by atoms with E-state index in [4.69, 9.17) is 0 Å². The van der Waals surface area contributed by atoms with Crippen molar-refractivity contribution in [2.45, 2.75) is 12.6 Å². The summed E-state index contributed by atoms with van der Waals surface area (Å²) in [6.45, 7) is 0.0693. The molecule has 0 spiro atoms. The molecule has 84 valence electrons. The fourth-order valence-electron chi connectivity index (χ4n) is 2.00. The van der Waals surface area contributed by atoms with Gasteiger partial charge in [-0.2, -0.15) is 0 Å². The molecule has 0 aliphatic carbocycles. The molecule has 0 N–H and O–H groups in total. The molecule has 0 fully saturated rings. The third-order valence-corrected chi connectivity index (χ3v) is 2.87. The molecule has 2 heteroatoms. The first-order valence-corrected chi connectivity index (χ1v) is 5.91. The molecular weight excluding hydrogens is 207 g/mol. The highest BCUT2D eigenvalue weighted by Crippen LogP contribution is 2.07. The van der Waals surface area contributed by atoms with Crippen LogP contribution in [0.5, 0.6) is 0 Å².